The predicted molar refractivity (Wildman–Crippen MR) is 73.7 cm³/mol. The molecular weight excluding hydrogens is 240 g/mol. The highest BCUT2D eigenvalue weighted by Gasteiger charge is 2.29. The Kier molecular flexibility index (Phi) is 2.52. The molecule has 1 saturated heterocycles. The zero-order valence-corrected chi connectivity index (χ0v) is 10.5. The largest absolute Gasteiger partial charge is 0.328 e. The Hall–Kier alpha value is -2.36. The standard InChI is InChI=1S/C15H14N2O2/c1-9-10(2)17(12-6-4-3-5-11(9)12)13-7-8-14(18)16-15(13)19/h3-6,13H,1-2,7-8H2,(H,16,18,19). The minimum Gasteiger partial charge on any atom is -0.328 e. The van der Waals surface area contributed by atoms with Gasteiger partial charge in [-0.2, -0.15) is 0 Å². The fourth-order valence-electron chi connectivity index (χ4n) is 2.67. The first-order chi connectivity index (χ1) is 9.09. The maximum atomic E-state index is 12.0. The first-order valence-electron chi connectivity index (χ1n) is 6.20. The van der Waals surface area contributed by atoms with Crippen LogP contribution in [-0.4, -0.2) is 16.4 Å². The fraction of sp³-hybridized carbons (Fsp3) is 0.200. The Morgan fingerprint density at radius 2 is 1.95 bits per heavy atom. The molecule has 0 saturated carbocycles. The van der Waals surface area contributed by atoms with Gasteiger partial charge in [0, 0.05) is 22.7 Å². The summed E-state index contributed by atoms with van der Waals surface area (Å²) in [6, 6.07) is 7.39. The number of nitrogens with zero attached hydrogens (tertiary/aromatic N) is 1. The van der Waals surface area contributed by atoms with Crippen LogP contribution in [0, 0.1) is 0 Å². The summed E-state index contributed by atoms with van der Waals surface area (Å²) >= 11 is 0. The van der Waals surface area contributed by atoms with Crippen molar-refractivity contribution in [3.8, 4) is 0 Å². The van der Waals surface area contributed by atoms with Gasteiger partial charge in [0.2, 0.25) is 11.8 Å². The van der Waals surface area contributed by atoms with Gasteiger partial charge in [0.05, 0.1) is 0 Å². The van der Waals surface area contributed by atoms with Gasteiger partial charge in [0.25, 0.3) is 0 Å². The molecule has 0 spiro atoms. The van der Waals surface area contributed by atoms with Gasteiger partial charge >= 0.3 is 0 Å². The van der Waals surface area contributed by atoms with Crippen molar-refractivity contribution < 1.29 is 9.59 Å². The van der Waals surface area contributed by atoms with Crippen LogP contribution in [0.25, 0.3) is 24.1 Å². The third kappa shape index (κ3) is 1.68. The summed E-state index contributed by atoms with van der Waals surface area (Å²) in [5.41, 5.74) is 0.937. The second kappa shape index (κ2) is 4.09. The lowest BCUT2D eigenvalue weighted by Crippen LogP contribution is -2.44. The van der Waals surface area contributed by atoms with E-state index in [0.717, 1.165) is 21.5 Å². The lowest BCUT2D eigenvalue weighted by Gasteiger charge is -2.23. The average molecular weight is 254 g/mol. The lowest BCUT2D eigenvalue weighted by atomic mass is 10.1. The molecular formula is C15H14N2O2. The molecule has 4 heteroatoms. The van der Waals surface area contributed by atoms with E-state index in [2.05, 4.69) is 18.5 Å². The molecule has 1 aromatic heterocycles. The highest BCUT2D eigenvalue weighted by atomic mass is 16.2. The molecule has 19 heavy (non-hydrogen) atoms. The number of para-hydroxylation sites is 1. The number of carbonyl (C=O) groups excluding carboxylic acids is 2. The minimum atomic E-state index is -0.384. The summed E-state index contributed by atoms with van der Waals surface area (Å²) in [6.07, 6.45) is 0.861. The third-order valence-corrected chi connectivity index (χ3v) is 3.65. The van der Waals surface area contributed by atoms with Gasteiger partial charge in [-0.25, -0.2) is 0 Å². The highest BCUT2D eigenvalue weighted by Crippen LogP contribution is 2.21. The zero-order chi connectivity index (χ0) is 13.6. The second-order valence-electron chi connectivity index (χ2n) is 4.78. The van der Waals surface area contributed by atoms with E-state index >= 15 is 0 Å². The molecule has 3 rings (SSSR count). The Morgan fingerprint density at radius 1 is 1.21 bits per heavy atom. The first-order valence-corrected chi connectivity index (χ1v) is 6.20. The van der Waals surface area contributed by atoms with Crippen molar-refractivity contribution in [1.82, 2.24) is 9.88 Å². The smallest absolute Gasteiger partial charge is 0.249 e. The van der Waals surface area contributed by atoms with Gasteiger partial charge in [-0.15, -0.1) is 0 Å². The number of benzene rings is 1. The Labute approximate surface area is 110 Å². The van der Waals surface area contributed by atoms with Crippen LogP contribution in [-0.2, 0) is 9.59 Å². The minimum absolute atomic E-state index is 0.210. The van der Waals surface area contributed by atoms with Crippen LogP contribution in [0.1, 0.15) is 18.9 Å². The van der Waals surface area contributed by atoms with Crippen molar-refractivity contribution in [2.24, 2.45) is 0 Å². The molecule has 1 fully saturated rings. The van der Waals surface area contributed by atoms with Crippen molar-refractivity contribution in [1.29, 1.82) is 0 Å². The summed E-state index contributed by atoms with van der Waals surface area (Å²) in [6.45, 7) is 8.04. The molecule has 1 atom stereocenters. The van der Waals surface area contributed by atoms with E-state index in [-0.39, 0.29) is 17.9 Å². The van der Waals surface area contributed by atoms with E-state index in [4.69, 9.17) is 0 Å². The summed E-state index contributed by atoms with van der Waals surface area (Å²) in [5, 5.41) is 4.95. The molecule has 2 aromatic rings. The summed E-state index contributed by atoms with van der Waals surface area (Å²) < 4.78 is 1.89. The van der Waals surface area contributed by atoms with Crippen LogP contribution in [0.15, 0.2) is 24.3 Å². The molecule has 1 unspecified atom stereocenters. The number of rotatable bonds is 1. The summed E-state index contributed by atoms with van der Waals surface area (Å²) in [4.78, 5) is 23.2. The second-order valence-corrected chi connectivity index (χ2v) is 4.78. The first kappa shape index (κ1) is 11.7. The van der Waals surface area contributed by atoms with Crippen LogP contribution in [0.4, 0.5) is 0 Å². The maximum Gasteiger partial charge on any atom is 0.249 e. The van der Waals surface area contributed by atoms with Gasteiger partial charge < -0.3 is 4.57 Å². The molecule has 1 N–H and O–H groups in total. The van der Waals surface area contributed by atoms with E-state index in [0.29, 0.717) is 12.8 Å². The van der Waals surface area contributed by atoms with Crippen LogP contribution < -0.4 is 15.9 Å². The number of piperidine rings is 1. The monoisotopic (exact) mass is 254 g/mol. The van der Waals surface area contributed by atoms with Crippen molar-refractivity contribution >= 4 is 35.9 Å². The van der Waals surface area contributed by atoms with E-state index in [9.17, 15) is 9.59 Å². The zero-order valence-electron chi connectivity index (χ0n) is 10.5. The van der Waals surface area contributed by atoms with Crippen LogP contribution >= 0.6 is 0 Å². The Morgan fingerprint density at radius 3 is 2.68 bits per heavy atom. The normalized spacial score (nSPS) is 19.7. The predicted octanol–water partition coefficient (Wildman–Crippen LogP) is 0.440. The maximum absolute atomic E-state index is 12.0. The number of amides is 2. The Bertz CT molecular complexity index is 788. The van der Waals surface area contributed by atoms with Crippen LogP contribution in [0.3, 0.4) is 0 Å². The molecule has 1 aromatic carbocycles. The number of carbonyl (C=O) groups is 2. The van der Waals surface area contributed by atoms with E-state index in [1.807, 2.05) is 28.8 Å². The quantitative estimate of drug-likeness (QED) is 0.751. The summed E-state index contributed by atoms with van der Waals surface area (Å²) in [5.74, 6) is -0.472. The van der Waals surface area contributed by atoms with Gasteiger partial charge in [-0.3, -0.25) is 14.9 Å². The summed E-state index contributed by atoms with van der Waals surface area (Å²) in [7, 11) is 0. The molecule has 4 nitrogen and oxygen atoms in total. The van der Waals surface area contributed by atoms with Crippen molar-refractivity contribution in [3.63, 3.8) is 0 Å². The van der Waals surface area contributed by atoms with Gasteiger partial charge in [-0.1, -0.05) is 31.4 Å². The van der Waals surface area contributed by atoms with E-state index < -0.39 is 0 Å². The van der Waals surface area contributed by atoms with E-state index in [1.165, 1.54) is 0 Å². The molecule has 0 aliphatic carbocycles. The molecule has 2 heterocycles. The molecule has 0 bridgehead atoms. The van der Waals surface area contributed by atoms with Crippen molar-refractivity contribution in [2.75, 3.05) is 0 Å². The fourth-order valence-corrected chi connectivity index (χ4v) is 2.67. The van der Waals surface area contributed by atoms with Crippen LogP contribution in [0.5, 0.6) is 0 Å². The van der Waals surface area contributed by atoms with Crippen LogP contribution in [0.2, 0.25) is 0 Å². The van der Waals surface area contributed by atoms with Gasteiger partial charge in [0.15, 0.2) is 0 Å². The van der Waals surface area contributed by atoms with E-state index in [1.54, 1.807) is 0 Å². The highest BCUT2D eigenvalue weighted by molar-refractivity contribution is 6.00. The number of hydrogen-bond donors (Lipinski definition) is 1. The number of imide groups is 1. The molecule has 2 amide bonds. The molecule has 1 aliphatic heterocycles. The molecule has 1 aliphatic rings. The average Bonchev–Trinajstić information content (AvgIpc) is 2.64. The van der Waals surface area contributed by atoms with Gasteiger partial charge in [0.1, 0.15) is 6.04 Å². The number of hydrogen-bond acceptors (Lipinski definition) is 2. The lowest BCUT2D eigenvalue weighted by molar-refractivity contribution is -0.135. The Balaban J connectivity index is 2.23. The molecule has 96 valence electrons. The SMILES string of the molecule is C=c1c(=C)n(C2CCC(=O)NC2=O)c2ccccc12. The topological polar surface area (TPSA) is 51.1 Å². The van der Waals surface area contributed by atoms with Crippen molar-refractivity contribution in [2.45, 2.75) is 18.9 Å². The van der Waals surface area contributed by atoms with Crippen molar-refractivity contribution in [3.05, 3.63) is 34.8 Å². The molecule has 0 radical (unpaired) electrons. The number of aromatic nitrogens is 1. The number of fused-ring (bicyclic) bond motifs is 1. The third-order valence-electron chi connectivity index (χ3n) is 3.65. The van der Waals surface area contributed by atoms with Gasteiger partial charge in [-0.05, 0) is 17.7 Å². The number of nitrogens with one attached hydrogen (secondary N) is 1.